The third kappa shape index (κ3) is 1.93. The lowest BCUT2D eigenvalue weighted by atomic mass is 10.1. The molecule has 2 nitrogen and oxygen atoms in total. The molecule has 0 atom stereocenters. The Bertz CT molecular complexity index is 735. The minimum absolute atomic E-state index is 0. The van der Waals surface area contributed by atoms with E-state index in [0.29, 0.717) is 0 Å². The fourth-order valence-electron chi connectivity index (χ4n) is 2.17. The molecule has 2 aromatic carbocycles. The second-order valence-electron chi connectivity index (χ2n) is 4.66. The van der Waals surface area contributed by atoms with Gasteiger partial charge in [-0.1, -0.05) is 12.1 Å². The maximum absolute atomic E-state index is 4.71. The van der Waals surface area contributed by atoms with Crippen molar-refractivity contribution in [2.45, 2.75) is 20.8 Å². The number of nitrogens with zero attached hydrogens (tertiary/aromatic N) is 1. The van der Waals surface area contributed by atoms with Gasteiger partial charge in [-0.2, -0.15) is 0 Å². The number of aromatic amines is 1. The number of para-hydroxylation sites is 1. The molecule has 0 spiro atoms. The van der Waals surface area contributed by atoms with Gasteiger partial charge in [-0.15, -0.1) is 0 Å². The summed E-state index contributed by atoms with van der Waals surface area (Å²) in [6.07, 6.45) is 0. The maximum Gasteiger partial charge on any atom is 0.232 e. The van der Waals surface area contributed by atoms with E-state index in [4.69, 9.17) is 4.98 Å². The summed E-state index contributed by atoms with van der Waals surface area (Å²) in [6.45, 7) is 6.36. The number of H-pyrrole nitrogens is 1. The van der Waals surface area contributed by atoms with E-state index in [1.807, 2.05) is 12.1 Å². The molecule has 0 aliphatic carbocycles. The monoisotopic (exact) mass is 258 g/mol. The normalized spacial score (nSPS) is 10.6. The van der Waals surface area contributed by atoms with Crippen molar-refractivity contribution >= 4 is 22.1 Å². The molecule has 0 bridgehead atoms. The van der Waals surface area contributed by atoms with Gasteiger partial charge in [0.15, 0.2) is 0 Å². The molecular weight excluding hydrogens is 244 g/mol. The molecule has 1 heterocycles. The Morgan fingerprint density at radius 2 is 1.61 bits per heavy atom. The molecule has 0 saturated carbocycles. The third-order valence-corrected chi connectivity index (χ3v) is 3.36. The number of hydrogen-bond acceptors (Lipinski definition) is 1. The molecule has 0 aliphatic heterocycles. The number of benzene rings is 2. The van der Waals surface area contributed by atoms with Crippen LogP contribution in [0.4, 0.5) is 0 Å². The number of fused-ring (bicyclic) bond motifs is 2. The van der Waals surface area contributed by atoms with E-state index in [9.17, 15) is 0 Å². The van der Waals surface area contributed by atoms with Crippen LogP contribution in [0.5, 0.6) is 0 Å². The van der Waals surface area contributed by atoms with Gasteiger partial charge < -0.3 is 12.4 Å². The highest BCUT2D eigenvalue weighted by atomic mass is 35.5. The van der Waals surface area contributed by atoms with Crippen LogP contribution >= 0.6 is 0 Å². The quantitative estimate of drug-likeness (QED) is 0.527. The number of aromatic nitrogens is 2. The highest BCUT2D eigenvalue weighted by Gasteiger charge is 2.10. The van der Waals surface area contributed by atoms with Crippen molar-refractivity contribution in [1.82, 2.24) is 4.98 Å². The molecule has 3 aromatic rings. The van der Waals surface area contributed by atoms with Gasteiger partial charge in [-0.25, -0.2) is 9.97 Å². The SMILES string of the molecule is Cc1cc2nc3cccc(C)c3[nH+]c2cc1C.[Cl-]. The molecule has 3 rings (SSSR count). The van der Waals surface area contributed by atoms with Crippen LogP contribution in [0.25, 0.3) is 22.1 Å². The molecule has 0 amide bonds. The van der Waals surface area contributed by atoms with Crippen LogP contribution < -0.4 is 17.4 Å². The summed E-state index contributed by atoms with van der Waals surface area (Å²) >= 11 is 0. The van der Waals surface area contributed by atoms with Crippen LogP contribution in [0, 0.1) is 20.8 Å². The number of halogens is 1. The Kier molecular flexibility index (Phi) is 3.22. The number of nitrogens with one attached hydrogen (secondary N) is 1. The maximum atomic E-state index is 4.71. The lowest BCUT2D eigenvalue weighted by molar-refractivity contribution is -0.311. The Morgan fingerprint density at radius 1 is 0.889 bits per heavy atom. The molecule has 0 radical (unpaired) electrons. The second-order valence-corrected chi connectivity index (χ2v) is 4.66. The predicted octanol–water partition coefficient (Wildman–Crippen LogP) is 0.131. The molecule has 0 fully saturated rings. The molecule has 92 valence electrons. The summed E-state index contributed by atoms with van der Waals surface area (Å²) in [5.74, 6) is 0. The zero-order valence-electron chi connectivity index (χ0n) is 10.7. The van der Waals surface area contributed by atoms with Crippen molar-refractivity contribution in [1.29, 1.82) is 0 Å². The summed E-state index contributed by atoms with van der Waals surface area (Å²) in [7, 11) is 0. The standard InChI is InChI=1S/C15H14N2.ClH/c1-9-5-4-6-12-15(9)17-14-8-11(3)10(2)7-13(14)16-12;/h4-8H,1-3H3;1H. The van der Waals surface area contributed by atoms with Crippen LogP contribution in [-0.4, -0.2) is 4.98 Å². The van der Waals surface area contributed by atoms with Gasteiger partial charge in [0.2, 0.25) is 11.0 Å². The third-order valence-electron chi connectivity index (χ3n) is 3.36. The molecule has 1 N–H and O–H groups in total. The molecular formula is C15H15ClN2. The van der Waals surface area contributed by atoms with Gasteiger partial charge in [0.05, 0.1) is 0 Å². The number of aryl methyl sites for hydroxylation is 3. The molecule has 1 aromatic heterocycles. The molecule has 0 aliphatic rings. The summed E-state index contributed by atoms with van der Waals surface area (Å²) < 4.78 is 0. The first kappa shape index (κ1) is 12.8. The first-order chi connectivity index (χ1) is 8.15. The van der Waals surface area contributed by atoms with E-state index in [-0.39, 0.29) is 12.4 Å². The van der Waals surface area contributed by atoms with Gasteiger partial charge in [0.25, 0.3) is 0 Å². The average Bonchev–Trinajstić information content (AvgIpc) is 2.29. The predicted molar refractivity (Wildman–Crippen MR) is 70.0 cm³/mol. The van der Waals surface area contributed by atoms with Crippen molar-refractivity contribution < 1.29 is 17.4 Å². The molecule has 0 unspecified atom stereocenters. The summed E-state index contributed by atoms with van der Waals surface area (Å²) in [6, 6.07) is 10.5. The Labute approximate surface area is 112 Å². The Hall–Kier alpha value is -1.67. The topological polar surface area (TPSA) is 27.0 Å². The lowest BCUT2D eigenvalue weighted by Crippen LogP contribution is -3.00. The number of hydrogen-bond donors (Lipinski definition) is 0. The largest absolute Gasteiger partial charge is 1.00 e. The van der Waals surface area contributed by atoms with Crippen molar-refractivity contribution in [3.05, 3.63) is 47.0 Å². The summed E-state index contributed by atoms with van der Waals surface area (Å²) in [5, 5.41) is 0. The summed E-state index contributed by atoms with van der Waals surface area (Å²) in [4.78, 5) is 8.19. The van der Waals surface area contributed by atoms with Gasteiger partial charge >= 0.3 is 0 Å². The van der Waals surface area contributed by atoms with E-state index in [0.717, 1.165) is 22.1 Å². The minimum Gasteiger partial charge on any atom is -1.00 e. The molecule has 0 saturated heterocycles. The van der Waals surface area contributed by atoms with Gasteiger partial charge in [0, 0.05) is 11.6 Å². The molecule has 18 heavy (non-hydrogen) atoms. The number of rotatable bonds is 0. The Morgan fingerprint density at radius 3 is 2.39 bits per heavy atom. The van der Waals surface area contributed by atoms with E-state index < -0.39 is 0 Å². The van der Waals surface area contributed by atoms with Crippen molar-refractivity contribution in [3.63, 3.8) is 0 Å². The second kappa shape index (κ2) is 4.54. The van der Waals surface area contributed by atoms with E-state index in [1.54, 1.807) is 0 Å². The lowest BCUT2D eigenvalue weighted by Gasteiger charge is -2.01. The van der Waals surface area contributed by atoms with Crippen molar-refractivity contribution in [3.8, 4) is 0 Å². The van der Waals surface area contributed by atoms with E-state index in [1.165, 1.54) is 16.7 Å². The highest BCUT2D eigenvalue weighted by Crippen LogP contribution is 2.18. The first-order valence-corrected chi connectivity index (χ1v) is 5.85. The minimum atomic E-state index is 0. The smallest absolute Gasteiger partial charge is 0.232 e. The van der Waals surface area contributed by atoms with Crippen molar-refractivity contribution in [2.75, 3.05) is 0 Å². The fourth-order valence-corrected chi connectivity index (χ4v) is 2.17. The van der Waals surface area contributed by atoms with Crippen molar-refractivity contribution in [2.24, 2.45) is 0 Å². The zero-order chi connectivity index (χ0) is 12.0. The Balaban J connectivity index is 0.00000120. The van der Waals surface area contributed by atoms with Gasteiger partial charge in [-0.05, 0) is 44.0 Å². The van der Waals surface area contributed by atoms with E-state index in [2.05, 4.69) is 44.0 Å². The van der Waals surface area contributed by atoms with Gasteiger partial charge in [-0.3, -0.25) is 0 Å². The molecule has 3 heteroatoms. The van der Waals surface area contributed by atoms with Crippen LogP contribution in [0.2, 0.25) is 0 Å². The van der Waals surface area contributed by atoms with Crippen LogP contribution in [0.3, 0.4) is 0 Å². The van der Waals surface area contributed by atoms with Gasteiger partial charge in [0.1, 0.15) is 11.0 Å². The average molecular weight is 259 g/mol. The van der Waals surface area contributed by atoms with E-state index >= 15 is 0 Å². The fraction of sp³-hybridized carbons (Fsp3) is 0.200. The summed E-state index contributed by atoms with van der Waals surface area (Å²) in [5.41, 5.74) is 8.11. The zero-order valence-corrected chi connectivity index (χ0v) is 11.5. The van der Waals surface area contributed by atoms with Crippen LogP contribution in [-0.2, 0) is 0 Å². The highest BCUT2D eigenvalue weighted by molar-refractivity contribution is 5.83. The first-order valence-electron chi connectivity index (χ1n) is 5.85. The van der Waals surface area contributed by atoms with Crippen LogP contribution in [0.1, 0.15) is 16.7 Å². The van der Waals surface area contributed by atoms with Crippen LogP contribution in [0.15, 0.2) is 30.3 Å².